The Morgan fingerprint density at radius 2 is 1.77 bits per heavy atom. The van der Waals surface area contributed by atoms with Crippen LogP contribution in [0.4, 0.5) is 5.69 Å². The van der Waals surface area contributed by atoms with Gasteiger partial charge in [0.1, 0.15) is 18.4 Å². The summed E-state index contributed by atoms with van der Waals surface area (Å²) in [6.07, 6.45) is 3.16. The van der Waals surface area contributed by atoms with E-state index in [1.807, 2.05) is 66.7 Å². The second-order valence-corrected chi connectivity index (χ2v) is 8.48. The average Bonchev–Trinajstić information content (AvgIpc) is 3.40. The van der Waals surface area contributed by atoms with E-state index in [9.17, 15) is 9.59 Å². The highest BCUT2D eigenvalue weighted by molar-refractivity contribution is 6.04. The van der Waals surface area contributed by atoms with Gasteiger partial charge in [-0.3, -0.25) is 9.59 Å². The highest BCUT2D eigenvalue weighted by atomic mass is 16.5. The highest BCUT2D eigenvalue weighted by Gasteiger charge is 2.42. The minimum Gasteiger partial charge on any atom is -0.497 e. The summed E-state index contributed by atoms with van der Waals surface area (Å²) in [6.45, 7) is 0.594. The van der Waals surface area contributed by atoms with Gasteiger partial charge < -0.3 is 15.0 Å². The molecule has 3 aromatic carbocycles. The Labute approximate surface area is 203 Å². The number of methoxy groups -OCH3 is 1. The summed E-state index contributed by atoms with van der Waals surface area (Å²) in [7, 11) is 3.35. The monoisotopic (exact) mass is 467 g/mol. The van der Waals surface area contributed by atoms with Crippen LogP contribution in [0.15, 0.2) is 85.5 Å². The van der Waals surface area contributed by atoms with Crippen molar-refractivity contribution in [2.24, 2.45) is 0 Å². The molecule has 0 radical (unpaired) electrons. The van der Waals surface area contributed by atoms with Gasteiger partial charge in [0.2, 0.25) is 5.91 Å². The summed E-state index contributed by atoms with van der Waals surface area (Å²) >= 11 is 0. The van der Waals surface area contributed by atoms with Crippen LogP contribution in [-0.2, 0) is 11.3 Å². The second-order valence-electron chi connectivity index (χ2n) is 8.48. The van der Waals surface area contributed by atoms with E-state index in [4.69, 9.17) is 4.74 Å². The van der Waals surface area contributed by atoms with E-state index < -0.39 is 12.0 Å². The molecule has 35 heavy (non-hydrogen) atoms. The van der Waals surface area contributed by atoms with Gasteiger partial charge in [0.15, 0.2) is 0 Å². The molecule has 1 aliphatic rings. The lowest BCUT2D eigenvalue weighted by Gasteiger charge is -2.39. The fourth-order valence-corrected chi connectivity index (χ4v) is 4.59. The molecule has 8 heteroatoms. The van der Waals surface area contributed by atoms with Crippen LogP contribution < -0.4 is 10.1 Å². The number of likely N-dealkylation sites (N-methyl/N-ethyl adjacent to an activating group) is 1. The number of nitrogens with one attached hydrogen (secondary N) is 1. The first kappa shape index (κ1) is 22.3. The predicted molar refractivity (Wildman–Crippen MR) is 131 cm³/mol. The number of hydrogen-bond donors (Lipinski definition) is 1. The maximum Gasteiger partial charge on any atom is 0.254 e. The summed E-state index contributed by atoms with van der Waals surface area (Å²) in [6, 6.07) is 22.0. The standard InChI is InChI=1S/C27H25N5O3/c1-31-25(19-9-13-21(35-2)14-10-19)24(22-5-3-4-6-23(22)27(31)34)26(33)30-20-11-7-18(8-12-20)15-32-17-28-16-29-32/h3-14,16-17,24-25H,15H2,1-2H3,(H,30,33)/t24-,25-/m1/s1. The predicted octanol–water partition coefficient (Wildman–Crippen LogP) is 3.88. The van der Waals surface area contributed by atoms with E-state index >= 15 is 0 Å². The minimum atomic E-state index is -0.586. The Kier molecular flexibility index (Phi) is 6.01. The third kappa shape index (κ3) is 4.38. The van der Waals surface area contributed by atoms with Crippen molar-refractivity contribution in [3.63, 3.8) is 0 Å². The molecule has 1 aliphatic heterocycles. The van der Waals surface area contributed by atoms with Gasteiger partial charge in [0, 0.05) is 18.3 Å². The number of anilines is 1. The largest absolute Gasteiger partial charge is 0.497 e. The van der Waals surface area contributed by atoms with Gasteiger partial charge in [-0.25, -0.2) is 9.67 Å². The van der Waals surface area contributed by atoms with Gasteiger partial charge in [-0.2, -0.15) is 5.10 Å². The molecule has 0 bridgehead atoms. The summed E-state index contributed by atoms with van der Waals surface area (Å²) < 4.78 is 7.02. The van der Waals surface area contributed by atoms with E-state index in [0.29, 0.717) is 23.5 Å². The van der Waals surface area contributed by atoms with Crippen LogP contribution in [0.3, 0.4) is 0 Å². The van der Waals surface area contributed by atoms with Crippen molar-refractivity contribution in [2.45, 2.75) is 18.5 Å². The molecule has 0 unspecified atom stereocenters. The van der Waals surface area contributed by atoms with Crippen molar-refractivity contribution in [1.29, 1.82) is 0 Å². The van der Waals surface area contributed by atoms with Crippen molar-refractivity contribution in [3.05, 3.63) is 108 Å². The van der Waals surface area contributed by atoms with Crippen LogP contribution in [-0.4, -0.2) is 45.6 Å². The fraction of sp³-hybridized carbons (Fsp3) is 0.185. The zero-order valence-electron chi connectivity index (χ0n) is 19.5. The van der Waals surface area contributed by atoms with Crippen molar-refractivity contribution < 1.29 is 14.3 Å². The summed E-state index contributed by atoms with van der Waals surface area (Å²) in [5.74, 6) is -0.160. The first-order chi connectivity index (χ1) is 17.0. The van der Waals surface area contributed by atoms with Gasteiger partial charge >= 0.3 is 0 Å². The molecule has 0 aliphatic carbocycles. The van der Waals surface area contributed by atoms with Gasteiger partial charge in [0.05, 0.1) is 25.6 Å². The number of carbonyl (C=O) groups excluding carboxylic acids is 2. The van der Waals surface area contributed by atoms with Gasteiger partial charge in [-0.15, -0.1) is 0 Å². The van der Waals surface area contributed by atoms with Gasteiger partial charge in [-0.05, 0) is 47.0 Å². The Hall–Kier alpha value is -4.46. The topological polar surface area (TPSA) is 89.3 Å². The second kappa shape index (κ2) is 9.42. The van der Waals surface area contributed by atoms with Crippen molar-refractivity contribution in [2.75, 3.05) is 19.5 Å². The zero-order chi connectivity index (χ0) is 24.4. The molecule has 0 saturated heterocycles. The van der Waals surface area contributed by atoms with Crippen LogP contribution in [0.2, 0.25) is 0 Å². The SMILES string of the molecule is COc1ccc([C@@H]2[C@H](C(=O)Nc3ccc(Cn4cncn4)cc3)c3ccccc3C(=O)N2C)cc1. The highest BCUT2D eigenvalue weighted by Crippen LogP contribution is 2.42. The van der Waals surface area contributed by atoms with E-state index in [2.05, 4.69) is 15.4 Å². The van der Waals surface area contributed by atoms with Gasteiger partial charge in [0.25, 0.3) is 5.91 Å². The number of ether oxygens (including phenoxy) is 1. The average molecular weight is 468 g/mol. The summed E-state index contributed by atoms with van der Waals surface area (Å²) in [4.78, 5) is 32.5. The number of amides is 2. The number of carbonyl (C=O) groups is 2. The quantitative estimate of drug-likeness (QED) is 0.465. The lowest BCUT2D eigenvalue weighted by atomic mass is 9.79. The Morgan fingerprint density at radius 1 is 1.03 bits per heavy atom. The van der Waals surface area contributed by atoms with Crippen LogP contribution >= 0.6 is 0 Å². The molecule has 176 valence electrons. The van der Waals surface area contributed by atoms with Crippen LogP contribution in [0.25, 0.3) is 0 Å². The summed E-state index contributed by atoms with van der Waals surface area (Å²) in [5.41, 5.74) is 3.85. The molecule has 8 nitrogen and oxygen atoms in total. The molecule has 4 aromatic rings. The van der Waals surface area contributed by atoms with E-state index in [-0.39, 0.29) is 11.8 Å². The number of benzene rings is 3. The Balaban J connectivity index is 1.46. The zero-order valence-corrected chi connectivity index (χ0v) is 19.5. The maximum absolute atomic E-state index is 13.7. The summed E-state index contributed by atoms with van der Waals surface area (Å²) in [5, 5.41) is 7.18. The molecule has 2 atom stereocenters. The third-order valence-electron chi connectivity index (χ3n) is 6.35. The van der Waals surface area contributed by atoms with Gasteiger partial charge in [-0.1, -0.05) is 42.5 Å². The Bertz CT molecular complexity index is 1330. The van der Waals surface area contributed by atoms with E-state index in [1.165, 1.54) is 6.33 Å². The van der Waals surface area contributed by atoms with E-state index in [0.717, 1.165) is 16.7 Å². The number of rotatable bonds is 6. The van der Waals surface area contributed by atoms with Crippen molar-refractivity contribution >= 4 is 17.5 Å². The van der Waals surface area contributed by atoms with Crippen LogP contribution in [0.5, 0.6) is 5.75 Å². The normalized spacial score (nSPS) is 17.1. The Morgan fingerprint density at radius 3 is 2.46 bits per heavy atom. The maximum atomic E-state index is 13.7. The smallest absolute Gasteiger partial charge is 0.254 e. The minimum absolute atomic E-state index is 0.108. The number of nitrogens with zero attached hydrogens (tertiary/aromatic N) is 4. The molecule has 1 aromatic heterocycles. The molecule has 0 spiro atoms. The number of fused-ring (bicyclic) bond motifs is 1. The van der Waals surface area contributed by atoms with Crippen LogP contribution in [0.1, 0.15) is 39.0 Å². The first-order valence-corrected chi connectivity index (χ1v) is 11.3. The lowest BCUT2D eigenvalue weighted by molar-refractivity contribution is -0.119. The number of hydrogen-bond acceptors (Lipinski definition) is 5. The van der Waals surface area contributed by atoms with E-state index in [1.54, 1.807) is 36.1 Å². The molecule has 5 rings (SSSR count). The fourth-order valence-electron chi connectivity index (χ4n) is 4.59. The number of aromatic nitrogens is 3. The molecular formula is C27H25N5O3. The van der Waals surface area contributed by atoms with Crippen molar-refractivity contribution in [1.82, 2.24) is 19.7 Å². The third-order valence-corrected chi connectivity index (χ3v) is 6.35. The molecule has 0 saturated carbocycles. The molecule has 0 fully saturated rings. The molecule has 2 heterocycles. The van der Waals surface area contributed by atoms with Crippen molar-refractivity contribution in [3.8, 4) is 5.75 Å². The molecule has 1 N–H and O–H groups in total. The lowest BCUT2D eigenvalue weighted by Crippen LogP contribution is -2.44. The molecular weight excluding hydrogens is 442 g/mol. The first-order valence-electron chi connectivity index (χ1n) is 11.3. The van der Waals surface area contributed by atoms with Crippen LogP contribution in [0, 0.1) is 0 Å². The molecule has 2 amide bonds.